The second kappa shape index (κ2) is 10.0. The molecule has 0 bridgehead atoms. The molecule has 5 nitrogen and oxygen atoms in total. The number of nitrogens with zero attached hydrogens (tertiary/aromatic N) is 1. The number of benzene rings is 2. The van der Waals surface area contributed by atoms with E-state index in [0.717, 1.165) is 0 Å². The average Bonchev–Trinajstić information content (AvgIpc) is 2.62. The lowest BCUT2D eigenvalue weighted by atomic mass is 10.1. The van der Waals surface area contributed by atoms with Crippen LogP contribution < -0.4 is 14.8 Å². The van der Waals surface area contributed by atoms with Gasteiger partial charge in [-0.25, -0.2) is 0 Å². The Morgan fingerprint density at radius 1 is 1.29 bits per heavy atom. The Bertz CT molecular complexity index is 934. The zero-order chi connectivity index (χ0) is 20.7. The summed E-state index contributed by atoms with van der Waals surface area (Å²) in [6, 6.07) is 11.9. The molecule has 0 fully saturated rings. The van der Waals surface area contributed by atoms with Crippen molar-refractivity contribution in [1.29, 1.82) is 5.26 Å². The molecule has 2 aromatic carbocycles. The number of hydrogen-bond acceptors (Lipinski definition) is 4. The number of ether oxygens (including phenoxy) is 2. The van der Waals surface area contributed by atoms with Gasteiger partial charge in [-0.2, -0.15) is 5.26 Å². The first-order valence-corrected chi connectivity index (χ1v) is 9.41. The average molecular weight is 419 g/mol. The van der Waals surface area contributed by atoms with Crippen molar-refractivity contribution in [3.8, 4) is 17.6 Å². The van der Waals surface area contributed by atoms with E-state index in [4.69, 9.17) is 32.7 Å². The third-order valence-corrected chi connectivity index (χ3v) is 3.96. The molecule has 0 heterocycles. The van der Waals surface area contributed by atoms with Gasteiger partial charge in [0, 0.05) is 10.7 Å². The van der Waals surface area contributed by atoms with Gasteiger partial charge in [0.05, 0.1) is 17.7 Å². The molecular formula is C21H20Cl2N2O3. The Balaban J connectivity index is 2.34. The molecule has 0 aliphatic rings. The molecule has 7 heteroatoms. The van der Waals surface area contributed by atoms with Gasteiger partial charge < -0.3 is 14.8 Å². The van der Waals surface area contributed by atoms with Crippen LogP contribution in [0, 0.1) is 11.3 Å². The summed E-state index contributed by atoms with van der Waals surface area (Å²) >= 11 is 12.3. The summed E-state index contributed by atoms with van der Waals surface area (Å²) in [7, 11) is 0. The number of hydrogen-bond donors (Lipinski definition) is 1. The molecule has 0 saturated carbocycles. The van der Waals surface area contributed by atoms with Crippen LogP contribution in [0.4, 0.5) is 5.69 Å². The van der Waals surface area contributed by atoms with E-state index < -0.39 is 5.91 Å². The Morgan fingerprint density at radius 3 is 2.64 bits per heavy atom. The van der Waals surface area contributed by atoms with Crippen LogP contribution in [0.2, 0.25) is 10.0 Å². The number of nitriles is 1. The van der Waals surface area contributed by atoms with E-state index in [0.29, 0.717) is 39.4 Å². The van der Waals surface area contributed by atoms with Crippen molar-refractivity contribution < 1.29 is 14.3 Å². The molecule has 28 heavy (non-hydrogen) atoms. The fourth-order valence-corrected chi connectivity index (χ4v) is 2.82. The fourth-order valence-electron chi connectivity index (χ4n) is 2.36. The Morgan fingerprint density at radius 2 is 2.04 bits per heavy atom. The van der Waals surface area contributed by atoms with Gasteiger partial charge in [0.1, 0.15) is 11.6 Å². The second-order valence-corrected chi connectivity index (χ2v) is 6.91. The molecule has 0 radical (unpaired) electrons. The summed E-state index contributed by atoms with van der Waals surface area (Å²) in [6.45, 7) is 6.02. The number of carbonyl (C=O) groups is 1. The number of halogens is 2. The summed E-state index contributed by atoms with van der Waals surface area (Å²) in [4.78, 5) is 12.4. The maximum absolute atomic E-state index is 12.4. The summed E-state index contributed by atoms with van der Waals surface area (Å²) < 4.78 is 11.3. The van der Waals surface area contributed by atoms with E-state index in [1.165, 1.54) is 6.08 Å². The van der Waals surface area contributed by atoms with Gasteiger partial charge in [0.25, 0.3) is 5.91 Å². The molecule has 2 rings (SSSR count). The summed E-state index contributed by atoms with van der Waals surface area (Å²) in [5.41, 5.74) is 0.950. The minimum Gasteiger partial charge on any atom is -0.490 e. The lowest BCUT2D eigenvalue weighted by Crippen LogP contribution is -2.13. The number of nitrogens with one attached hydrogen (secondary N) is 1. The minimum atomic E-state index is -0.554. The predicted molar refractivity (Wildman–Crippen MR) is 112 cm³/mol. The smallest absolute Gasteiger partial charge is 0.266 e. The second-order valence-electron chi connectivity index (χ2n) is 6.06. The number of amides is 1. The van der Waals surface area contributed by atoms with Crippen LogP contribution in [-0.2, 0) is 4.79 Å². The Labute approximate surface area is 174 Å². The van der Waals surface area contributed by atoms with Gasteiger partial charge in [-0.05, 0) is 62.7 Å². The molecule has 0 aliphatic carbocycles. The number of rotatable bonds is 7. The highest BCUT2D eigenvalue weighted by molar-refractivity contribution is 6.32. The molecule has 0 atom stereocenters. The van der Waals surface area contributed by atoms with Gasteiger partial charge >= 0.3 is 0 Å². The predicted octanol–water partition coefficient (Wildman–Crippen LogP) is 5.72. The molecular weight excluding hydrogens is 399 g/mol. The Hall–Kier alpha value is -2.68. The van der Waals surface area contributed by atoms with Crippen molar-refractivity contribution in [2.45, 2.75) is 26.9 Å². The molecule has 0 aliphatic heterocycles. The van der Waals surface area contributed by atoms with E-state index in [-0.39, 0.29) is 11.7 Å². The van der Waals surface area contributed by atoms with Gasteiger partial charge in [-0.3, -0.25) is 4.79 Å². The highest BCUT2D eigenvalue weighted by Crippen LogP contribution is 2.38. The summed E-state index contributed by atoms with van der Waals surface area (Å²) in [6.07, 6.45) is 1.35. The zero-order valence-corrected chi connectivity index (χ0v) is 17.3. The first-order chi connectivity index (χ1) is 13.3. The van der Waals surface area contributed by atoms with E-state index >= 15 is 0 Å². The van der Waals surface area contributed by atoms with E-state index in [1.807, 2.05) is 26.8 Å². The summed E-state index contributed by atoms with van der Waals surface area (Å²) in [5, 5.41) is 12.9. The van der Waals surface area contributed by atoms with Crippen molar-refractivity contribution in [3.63, 3.8) is 0 Å². The van der Waals surface area contributed by atoms with Crippen LogP contribution in [0.1, 0.15) is 26.3 Å². The molecule has 0 aromatic heterocycles. The minimum absolute atomic E-state index is 0.0868. The quantitative estimate of drug-likeness (QED) is 0.460. The van der Waals surface area contributed by atoms with Crippen molar-refractivity contribution in [2.75, 3.05) is 11.9 Å². The van der Waals surface area contributed by atoms with Crippen LogP contribution in [0.5, 0.6) is 11.5 Å². The van der Waals surface area contributed by atoms with Crippen LogP contribution >= 0.6 is 23.2 Å². The highest BCUT2D eigenvalue weighted by Gasteiger charge is 2.15. The molecule has 0 spiro atoms. The van der Waals surface area contributed by atoms with Crippen molar-refractivity contribution in [3.05, 3.63) is 57.6 Å². The maximum Gasteiger partial charge on any atom is 0.266 e. The van der Waals surface area contributed by atoms with Gasteiger partial charge in [0.2, 0.25) is 0 Å². The van der Waals surface area contributed by atoms with Crippen molar-refractivity contribution in [2.24, 2.45) is 0 Å². The normalized spacial score (nSPS) is 11.1. The van der Waals surface area contributed by atoms with Crippen molar-refractivity contribution in [1.82, 2.24) is 0 Å². The van der Waals surface area contributed by atoms with Crippen LogP contribution in [0.3, 0.4) is 0 Å². The molecule has 1 N–H and O–H groups in total. The monoisotopic (exact) mass is 418 g/mol. The van der Waals surface area contributed by atoms with E-state index in [1.54, 1.807) is 36.4 Å². The number of carbonyl (C=O) groups excluding carboxylic acids is 1. The summed E-state index contributed by atoms with van der Waals surface area (Å²) in [5.74, 6) is 0.321. The van der Waals surface area contributed by atoms with E-state index in [9.17, 15) is 10.1 Å². The fraction of sp³-hybridized carbons (Fsp3) is 0.238. The molecule has 1 amide bonds. The first-order valence-electron chi connectivity index (χ1n) is 8.65. The van der Waals surface area contributed by atoms with Gasteiger partial charge in [-0.1, -0.05) is 29.3 Å². The Kier molecular flexibility index (Phi) is 7.74. The standard InChI is InChI=1S/C21H20Cl2N2O3/c1-4-27-19-10-14(9-18(23)20(19)28-13(2)3)8-15(12-24)21(26)25-17-7-5-6-16(22)11-17/h5-11,13H,4H2,1-3H3,(H,25,26)/b15-8+. The first kappa shape index (κ1) is 21.6. The third kappa shape index (κ3) is 5.91. The van der Waals surface area contributed by atoms with Crippen LogP contribution in [0.15, 0.2) is 42.0 Å². The van der Waals surface area contributed by atoms with E-state index in [2.05, 4.69) is 5.32 Å². The molecule has 0 saturated heterocycles. The molecule has 2 aromatic rings. The van der Waals surface area contributed by atoms with Crippen molar-refractivity contribution >= 4 is 40.9 Å². The highest BCUT2D eigenvalue weighted by atomic mass is 35.5. The van der Waals surface area contributed by atoms with Gasteiger partial charge in [-0.15, -0.1) is 0 Å². The number of anilines is 1. The largest absolute Gasteiger partial charge is 0.490 e. The maximum atomic E-state index is 12.4. The topological polar surface area (TPSA) is 71.3 Å². The van der Waals surface area contributed by atoms with Crippen LogP contribution in [0.25, 0.3) is 6.08 Å². The zero-order valence-electron chi connectivity index (χ0n) is 15.8. The van der Waals surface area contributed by atoms with Gasteiger partial charge in [0.15, 0.2) is 11.5 Å². The molecule has 146 valence electrons. The lowest BCUT2D eigenvalue weighted by molar-refractivity contribution is -0.112. The molecule has 0 unspecified atom stereocenters. The third-order valence-electron chi connectivity index (χ3n) is 3.44. The lowest BCUT2D eigenvalue weighted by Gasteiger charge is -2.16. The van der Waals surface area contributed by atoms with Crippen LogP contribution in [-0.4, -0.2) is 18.6 Å². The SMILES string of the molecule is CCOc1cc(/C=C(\C#N)C(=O)Nc2cccc(Cl)c2)cc(Cl)c1OC(C)C.